The van der Waals surface area contributed by atoms with Gasteiger partial charge < -0.3 is 19.5 Å². The largest absolute Gasteiger partial charge is 0.493 e. The van der Waals surface area contributed by atoms with Gasteiger partial charge in [-0.3, -0.25) is 9.10 Å². The van der Waals surface area contributed by atoms with E-state index in [1.807, 2.05) is 43.3 Å². The molecule has 8 nitrogen and oxygen atoms in total. The van der Waals surface area contributed by atoms with E-state index in [0.717, 1.165) is 16.1 Å². The number of carbonyl (C=O) groups is 1. The predicted octanol–water partition coefficient (Wildman–Crippen LogP) is 4.53. The Labute approximate surface area is 206 Å². The molecule has 3 rings (SSSR count). The Balaban J connectivity index is 1.77. The summed E-state index contributed by atoms with van der Waals surface area (Å²) < 4.78 is 42.8. The molecule has 9 heteroatoms. The van der Waals surface area contributed by atoms with Gasteiger partial charge in [0.2, 0.25) is 15.9 Å². The maximum absolute atomic E-state index is 13.1. The zero-order valence-electron chi connectivity index (χ0n) is 20.4. The lowest BCUT2D eigenvalue weighted by molar-refractivity contribution is -0.122. The van der Waals surface area contributed by atoms with Crippen molar-refractivity contribution < 1.29 is 27.4 Å². The molecule has 35 heavy (non-hydrogen) atoms. The maximum Gasteiger partial charge on any atom is 0.244 e. The van der Waals surface area contributed by atoms with Crippen LogP contribution in [-0.2, 0) is 14.8 Å². The Morgan fingerprint density at radius 1 is 0.857 bits per heavy atom. The Hall–Kier alpha value is -3.72. The Morgan fingerprint density at radius 2 is 1.46 bits per heavy atom. The molecule has 2 atom stereocenters. The molecule has 0 aliphatic carbocycles. The first-order valence-corrected chi connectivity index (χ1v) is 12.8. The van der Waals surface area contributed by atoms with Crippen LogP contribution >= 0.6 is 0 Å². The van der Waals surface area contributed by atoms with Gasteiger partial charge in [0.15, 0.2) is 11.5 Å². The zero-order chi connectivity index (χ0) is 25.6. The fourth-order valence-electron chi connectivity index (χ4n) is 3.63. The average Bonchev–Trinajstić information content (AvgIpc) is 2.84. The number of benzene rings is 3. The summed E-state index contributed by atoms with van der Waals surface area (Å²) in [5.74, 6) is 1.88. The molecule has 0 aliphatic heterocycles. The predicted molar refractivity (Wildman–Crippen MR) is 136 cm³/mol. The van der Waals surface area contributed by atoms with Gasteiger partial charge in [0.1, 0.15) is 17.5 Å². The first-order valence-electron chi connectivity index (χ1n) is 11.0. The maximum atomic E-state index is 13.1. The van der Waals surface area contributed by atoms with Crippen LogP contribution in [0.5, 0.6) is 23.0 Å². The van der Waals surface area contributed by atoms with Gasteiger partial charge in [0, 0.05) is 0 Å². The van der Waals surface area contributed by atoms with Crippen molar-refractivity contribution in [1.29, 1.82) is 0 Å². The van der Waals surface area contributed by atoms with Gasteiger partial charge in [-0.25, -0.2) is 8.42 Å². The van der Waals surface area contributed by atoms with E-state index in [4.69, 9.17) is 14.2 Å². The second-order valence-corrected chi connectivity index (χ2v) is 9.85. The van der Waals surface area contributed by atoms with E-state index in [-0.39, 0.29) is 0 Å². The molecule has 1 N–H and O–H groups in total. The summed E-state index contributed by atoms with van der Waals surface area (Å²) in [4.78, 5) is 13.1. The molecule has 0 aromatic heterocycles. The number of carbonyl (C=O) groups excluding carboxylic acids is 1. The number of para-hydroxylation sites is 1. The van der Waals surface area contributed by atoms with Gasteiger partial charge in [-0.15, -0.1) is 0 Å². The molecule has 0 saturated carbocycles. The second kappa shape index (κ2) is 11.1. The lowest BCUT2D eigenvalue weighted by atomic mass is 10.1. The van der Waals surface area contributed by atoms with Crippen LogP contribution in [0.25, 0.3) is 0 Å². The number of methoxy groups -OCH3 is 2. The third kappa shape index (κ3) is 6.45. The molecule has 0 saturated heterocycles. The SMILES string of the molecule is COc1ccc([C@H](C)NC(=O)[C@H](C)N(c2ccc(Oc3ccccc3)cc2)S(C)(=O)=O)cc1OC. The number of sulfonamides is 1. The van der Waals surface area contributed by atoms with E-state index in [0.29, 0.717) is 28.7 Å². The van der Waals surface area contributed by atoms with Gasteiger partial charge in [-0.05, 0) is 67.9 Å². The van der Waals surface area contributed by atoms with Crippen molar-refractivity contribution >= 4 is 21.6 Å². The molecule has 186 valence electrons. The average molecular weight is 499 g/mol. The number of hydrogen-bond acceptors (Lipinski definition) is 6. The molecular formula is C26H30N2O6S. The van der Waals surface area contributed by atoms with Gasteiger partial charge >= 0.3 is 0 Å². The first-order chi connectivity index (χ1) is 16.6. The van der Waals surface area contributed by atoms with Crippen LogP contribution in [0.4, 0.5) is 5.69 Å². The lowest BCUT2D eigenvalue weighted by Gasteiger charge is -2.29. The molecule has 0 fully saturated rings. The number of rotatable bonds is 10. The highest BCUT2D eigenvalue weighted by atomic mass is 32.2. The Kier molecular flexibility index (Phi) is 8.24. The minimum absolute atomic E-state index is 0.356. The zero-order valence-corrected chi connectivity index (χ0v) is 21.2. The van der Waals surface area contributed by atoms with Crippen molar-refractivity contribution in [3.05, 3.63) is 78.4 Å². The Bertz CT molecular complexity index is 1250. The number of amides is 1. The van der Waals surface area contributed by atoms with Crippen molar-refractivity contribution in [1.82, 2.24) is 5.32 Å². The number of nitrogens with zero attached hydrogens (tertiary/aromatic N) is 1. The summed E-state index contributed by atoms with van der Waals surface area (Å²) >= 11 is 0. The van der Waals surface area contributed by atoms with Gasteiger partial charge in [0.05, 0.1) is 32.2 Å². The Morgan fingerprint density at radius 3 is 2.03 bits per heavy atom. The van der Waals surface area contributed by atoms with Crippen LogP contribution < -0.4 is 23.8 Å². The van der Waals surface area contributed by atoms with E-state index in [1.54, 1.807) is 50.4 Å². The number of hydrogen-bond donors (Lipinski definition) is 1. The number of ether oxygens (including phenoxy) is 3. The van der Waals surface area contributed by atoms with E-state index < -0.39 is 28.0 Å². The summed E-state index contributed by atoms with van der Waals surface area (Å²) in [6.45, 7) is 3.36. The quantitative estimate of drug-likeness (QED) is 0.441. The van der Waals surface area contributed by atoms with E-state index in [2.05, 4.69) is 5.32 Å². The lowest BCUT2D eigenvalue weighted by Crippen LogP contribution is -2.48. The smallest absolute Gasteiger partial charge is 0.244 e. The molecule has 0 heterocycles. The topological polar surface area (TPSA) is 94.2 Å². The van der Waals surface area contributed by atoms with Crippen molar-refractivity contribution in [2.24, 2.45) is 0 Å². The van der Waals surface area contributed by atoms with Gasteiger partial charge in [-0.1, -0.05) is 24.3 Å². The van der Waals surface area contributed by atoms with Crippen LogP contribution in [0.3, 0.4) is 0 Å². The molecule has 0 aliphatic rings. The highest BCUT2D eigenvalue weighted by Crippen LogP contribution is 2.30. The van der Waals surface area contributed by atoms with Crippen molar-refractivity contribution in [2.75, 3.05) is 24.8 Å². The molecule has 0 bridgehead atoms. The van der Waals surface area contributed by atoms with Crippen molar-refractivity contribution in [3.63, 3.8) is 0 Å². The van der Waals surface area contributed by atoms with Crippen LogP contribution in [0, 0.1) is 0 Å². The molecule has 0 unspecified atom stereocenters. The van der Waals surface area contributed by atoms with Crippen molar-refractivity contribution in [2.45, 2.75) is 25.9 Å². The fourth-order valence-corrected chi connectivity index (χ4v) is 4.81. The van der Waals surface area contributed by atoms with E-state index >= 15 is 0 Å². The second-order valence-electron chi connectivity index (χ2n) is 7.99. The highest BCUT2D eigenvalue weighted by molar-refractivity contribution is 7.92. The van der Waals surface area contributed by atoms with Crippen LogP contribution in [0.2, 0.25) is 0 Å². The summed E-state index contributed by atoms with van der Waals surface area (Å²) in [5.41, 5.74) is 1.14. The van der Waals surface area contributed by atoms with Gasteiger partial charge in [0.25, 0.3) is 0 Å². The summed E-state index contributed by atoms with van der Waals surface area (Å²) in [5, 5.41) is 2.89. The van der Waals surface area contributed by atoms with Crippen LogP contribution in [-0.4, -0.2) is 40.8 Å². The number of nitrogens with one attached hydrogen (secondary N) is 1. The standard InChI is InChI=1S/C26H30N2O6S/c1-18(20-11-16-24(32-3)25(17-20)33-4)27-26(29)19(2)28(35(5,30)31)21-12-14-23(15-13-21)34-22-9-7-6-8-10-22/h6-19H,1-5H3,(H,27,29)/t18-,19-/m0/s1. The van der Waals surface area contributed by atoms with Crippen molar-refractivity contribution in [3.8, 4) is 23.0 Å². The first kappa shape index (κ1) is 25.9. The normalized spacial score (nSPS) is 12.8. The molecular weight excluding hydrogens is 468 g/mol. The monoisotopic (exact) mass is 498 g/mol. The third-order valence-corrected chi connectivity index (χ3v) is 6.67. The molecule has 0 radical (unpaired) electrons. The van der Waals surface area contributed by atoms with E-state index in [1.165, 1.54) is 7.11 Å². The third-order valence-electron chi connectivity index (χ3n) is 5.42. The highest BCUT2D eigenvalue weighted by Gasteiger charge is 2.30. The fraction of sp³-hybridized carbons (Fsp3) is 0.269. The molecule has 1 amide bonds. The minimum Gasteiger partial charge on any atom is -0.493 e. The summed E-state index contributed by atoms with van der Waals surface area (Å²) in [6, 6.07) is 19.8. The molecule has 3 aromatic carbocycles. The van der Waals surface area contributed by atoms with E-state index in [9.17, 15) is 13.2 Å². The minimum atomic E-state index is -3.76. The summed E-state index contributed by atoms with van der Waals surface area (Å²) in [7, 11) is -0.678. The van der Waals surface area contributed by atoms with Crippen LogP contribution in [0.1, 0.15) is 25.5 Å². The molecule has 3 aromatic rings. The summed E-state index contributed by atoms with van der Waals surface area (Å²) in [6.07, 6.45) is 1.07. The molecule has 0 spiro atoms. The van der Waals surface area contributed by atoms with Crippen LogP contribution in [0.15, 0.2) is 72.8 Å². The van der Waals surface area contributed by atoms with Gasteiger partial charge in [-0.2, -0.15) is 0 Å². The number of anilines is 1.